The molecule has 1 aliphatic heterocycles. The standard InChI is InChI=1S/C12H14INO/c1-8-6-14(7-8)12(15)10-4-3-9(2)11(13)5-10/h3-5,8H,6-7H2,1-2H3. The minimum absolute atomic E-state index is 0.172. The summed E-state index contributed by atoms with van der Waals surface area (Å²) in [5.74, 6) is 0.837. The Morgan fingerprint density at radius 3 is 2.67 bits per heavy atom. The summed E-state index contributed by atoms with van der Waals surface area (Å²) in [6.07, 6.45) is 0. The second-order valence-electron chi connectivity index (χ2n) is 4.28. The fourth-order valence-corrected chi connectivity index (χ4v) is 2.29. The van der Waals surface area contributed by atoms with Gasteiger partial charge < -0.3 is 4.90 Å². The maximum atomic E-state index is 12.0. The maximum absolute atomic E-state index is 12.0. The summed E-state index contributed by atoms with van der Waals surface area (Å²) in [6, 6.07) is 5.91. The van der Waals surface area contributed by atoms with E-state index in [-0.39, 0.29) is 5.91 Å². The number of amides is 1. The van der Waals surface area contributed by atoms with E-state index in [0.29, 0.717) is 5.92 Å². The zero-order chi connectivity index (χ0) is 11.0. The number of hydrogen-bond donors (Lipinski definition) is 0. The Labute approximate surface area is 104 Å². The molecule has 0 N–H and O–H groups in total. The summed E-state index contributed by atoms with van der Waals surface area (Å²) >= 11 is 2.27. The van der Waals surface area contributed by atoms with E-state index in [1.54, 1.807) is 0 Å². The van der Waals surface area contributed by atoms with Crippen LogP contribution >= 0.6 is 22.6 Å². The van der Waals surface area contributed by atoms with E-state index in [0.717, 1.165) is 22.2 Å². The summed E-state index contributed by atoms with van der Waals surface area (Å²) in [4.78, 5) is 13.9. The van der Waals surface area contributed by atoms with Crippen molar-refractivity contribution in [2.75, 3.05) is 13.1 Å². The van der Waals surface area contributed by atoms with Crippen LogP contribution in [0.2, 0.25) is 0 Å². The SMILES string of the molecule is Cc1ccc(C(=O)N2CC(C)C2)cc1I. The van der Waals surface area contributed by atoms with Crippen molar-refractivity contribution >= 4 is 28.5 Å². The first kappa shape index (κ1) is 10.9. The monoisotopic (exact) mass is 315 g/mol. The molecule has 1 saturated heterocycles. The number of benzene rings is 1. The average Bonchev–Trinajstić information content (AvgIpc) is 2.16. The van der Waals surface area contributed by atoms with Crippen molar-refractivity contribution in [3.05, 3.63) is 32.9 Å². The average molecular weight is 315 g/mol. The van der Waals surface area contributed by atoms with Crippen LogP contribution in [0.4, 0.5) is 0 Å². The molecule has 0 unspecified atom stereocenters. The Morgan fingerprint density at radius 2 is 2.13 bits per heavy atom. The first-order valence-corrected chi connectivity index (χ1v) is 6.21. The van der Waals surface area contributed by atoms with Crippen LogP contribution < -0.4 is 0 Å². The molecule has 15 heavy (non-hydrogen) atoms. The number of nitrogens with zero attached hydrogens (tertiary/aromatic N) is 1. The van der Waals surface area contributed by atoms with Gasteiger partial charge >= 0.3 is 0 Å². The molecule has 1 aliphatic rings. The highest BCUT2D eigenvalue weighted by Gasteiger charge is 2.27. The molecule has 80 valence electrons. The van der Waals surface area contributed by atoms with Crippen LogP contribution in [-0.4, -0.2) is 23.9 Å². The van der Waals surface area contributed by atoms with Crippen LogP contribution in [0.15, 0.2) is 18.2 Å². The highest BCUT2D eigenvalue weighted by atomic mass is 127. The van der Waals surface area contributed by atoms with Gasteiger partial charge in [-0.25, -0.2) is 0 Å². The predicted molar refractivity (Wildman–Crippen MR) is 69.0 cm³/mol. The van der Waals surface area contributed by atoms with Gasteiger partial charge in [0.05, 0.1) is 0 Å². The minimum Gasteiger partial charge on any atom is -0.338 e. The first-order chi connectivity index (χ1) is 7.08. The summed E-state index contributed by atoms with van der Waals surface area (Å²) in [6.45, 7) is 6.04. The number of carbonyl (C=O) groups is 1. The van der Waals surface area contributed by atoms with Crippen molar-refractivity contribution < 1.29 is 4.79 Å². The molecule has 0 aromatic heterocycles. The number of hydrogen-bond acceptors (Lipinski definition) is 1. The van der Waals surface area contributed by atoms with E-state index in [9.17, 15) is 4.79 Å². The lowest BCUT2D eigenvalue weighted by Crippen LogP contribution is -2.48. The molecule has 0 radical (unpaired) electrons. The maximum Gasteiger partial charge on any atom is 0.253 e. The highest BCUT2D eigenvalue weighted by Crippen LogP contribution is 2.20. The van der Waals surface area contributed by atoms with E-state index in [2.05, 4.69) is 36.4 Å². The van der Waals surface area contributed by atoms with Crippen LogP contribution in [0.3, 0.4) is 0 Å². The van der Waals surface area contributed by atoms with E-state index in [4.69, 9.17) is 0 Å². The van der Waals surface area contributed by atoms with Crippen molar-refractivity contribution in [2.24, 2.45) is 5.92 Å². The Balaban J connectivity index is 2.16. The largest absolute Gasteiger partial charge is 0.338 e. The Bertz CT molecular complexity index is 397. The topological polar surface area (TPSA) is 20.3 Å². The molecule has 2 rings (SSSR count). The smallest absolute Gasteiger partial charge is 0.253 e. The van der Waals surface area contributed by atoms with Crippen LogP contribution in [0.5, 0.6) is 0 Å². The molecule has 1 aromatic rings. The third-order valence-corrected chi connectivity index (χ3v) is 3.93. The second kappa shape index (κ2) is 4.12. The van der Waals surface area contributed by atoms with Gasteiger partial charge in [0.25, 0.3) is 5.91 Å². The molecule has 0 saturated carbocycles. The van der Waals surface area contributed by atoms with Crippen molar-refractivity contribution in [3.8, 4) is 0 Å². The quantitative estimate of drug-likeness (QED) is 0.730. The molecule has 0 atom stereocenters. The molecule has 0 bridgehead atoms. The van der Waals surface area contributed by atoms with Crippen molar-refractivity contribution in [2.45, 2.75) is 13.8 Å². The first-order valence-electron chi connectivity index (χ1n) is 5.13. The van der Waals surface area contributed by atoms with Crippen molar-refractivity contribution in [3.63, 3.8) is 0 Å². The lowest BCUT2D eigenvalue weighted by Gasteiger charge is -2.37. The molecule has 1 fully saturated rings. The zero-order valence-electron chi connectivity index (χ0n) is 8.96. The Morgan fingerprint density at radius 1 is 1.47 bits per heavy atom. The van der Waals surface area contributed by atoms with Gasteiger partial charge in [0.2, 0.25) is 0 Å². The molecule has 3 heteroatoms. The zero-order valence-corrected chi connectivity index (χ0v) is 11.1. The van der Waals surface area contributed by atoms with Gasteiger partial charge in [-0.1, -0.05) is 13.0 Å². The Hall–Kier alpha value is -0.580. The molecular weight excluding hydrogens is 301 g/mol. The van der Waals surface area contributed by atoms with E-state index in [1.165, 1.54) is 5.56 Å². The van der Waals surface area contributed by atoms with Gasteiger partial charge in [-0.15, -0.1) is 0 Å². The lowest BCUT2D eigenvalue weighted by molar-refractivity contribution is 0.0530. The van der Waals surface area contributed by atoms with Crippen LogP contribution in [0, 0.1) is 16.4 Å². The third-order valence-electron chi connectivity index (χ3n) is 2.77. The Kier molecular flexibility index (Phi) is 3.00. The van der Waals surface area contributed by atoms with Gasteiger partial charge in [0.15, 0.2) is 0 Å². The fraction of sp³-hybridized carbons (Fsp3) is 0.417. The highest BCUT2D eigenvalue weighted by molar-refractivity contribution is 14.1. The minimum atomic E-state index is 0.172. The lowest BCUT2D eigenvalue weighted by atomic mass is 10.0. The van der Waals surface area contributed by atoms with Gasteiger partial charge in [0, 0.05) is 22.2 Å². The van der Waals surface area contributed by atoms with E-state index < -0.39 is 0 Å². The summed E-state index contributed by atoms with van der Waals surface area (Å²) in [7, 11) is 0. The number of rotatable bonds is 1. The van der Waals surface area contributed by atoms with Gasteiger partial charge in [-0.2, -0.15) is 0 Å². The number of carbonyl (C=O) groups excluding carboxylic acids is 1. The van der Waals surface area contributed by atoms with Crippen molar-refractivity contribution in [1.29, 1.82) is 0 Å². The number of halogens is 1. The second-order valence-corrected chi connectivity index (χ2v) is 5.44. The summed E-state index contributed by atoms with van der Waals surface area (Å²) in [5, 5.41) is 0. The molecule has 0 spiro atoms. The summed E-state index contributed by atoms with van der Waals surface area (Å²) in [5.41, 5.74) is 2.04. The third kappa shape index (κ3) is 2.17. The molecule has 0 aliphatic carbocycles. The van der Waals surface area contributed by atoms with Crippen LogP contribution in [0.1, 0.15) is 22.8 Å². The van der Waals surface area contributed by atoms with E-state index in [1.807, 2.05) is 23.1 Å². The van der Waals surface area contributed by atoms with Gasteiger partial charge in [0.1, 0.15) is 0 Å². The molecule has 1 amide bonds. The molecular formula is C12H14INO. The number of likely N-dealkylation sites (tertiary alicyclic amines) is 1. The number of aryl methyl sites for hydroxylation is 1. The van der Waals surface area contributed by atoms with Crippen molar-refractivity contribution in [1.82, 2.24) is 4.90 Å². The predicted octanol–water partition coefficient (Wildman–Crippen LogP) is 2.69. The van der Waals surface area contributed by atoms with Gasteiger partial charge in [-0.3, -0.25) is 4.79 Å². The molecule has 1 aromatic carbocycles. The van der Waals surface area contributed by atoms with Crippen LogP contribution in [-0.2, 0) is 0 Å². The fourth-order valence-electron chi connectivity index (χ4n) is 1.77. The van der Waals surface area contributed by atoms with E-state index >= 15 is 0 Å². The van der Waals surface area contributed by atoms with Gasteiger partial charge in [-0.05, 0) is 53.1 Å². The normalized spacial score (nSPS) is 16.3. The summed E-state index contributed by atoms with van der Waals surface area (Å²) < 4.78 is 1.16. The molecule has 2 nitrogen and oxygen atoms in total. The van der Waals surface area contributed by atoms with Crippen LogP contribution in [0.25, 0.3) is 0 Å². The molecule has 1 heterocycles.